The van der Waals surface area contributed by atoms with Crippen molar-refractivity contribution in [2.75, 3.05) is 7.11 Å². The lowest BCUT2D eigenvalue weighted by Crippen LogP contribution is -2.22. The third-order valence-electron chi connectivity index (χ3n) is 17.5. The molecule has 0 N–H and O–H groups in total. The van der Waals surface area contributed by atoms with E-state index in [0.29, 0.717) is 36.0 Å². The topological polar surface area (TPSA) is 26.3 Å². The lowest BCUT2D eigenvalue weighted by molar-refractivity contribution is -0.140. The molecule has 1 saturated carbocycles. The number of rotatable bonds is 5. The summed E-state index contributed by atoms with van der Waals surface area (Å²) in [5.74, 6) is 2.36. The molecule has 18 rings (SSSR count). The SMILES string of the molecule is COC(=O)CCCC1(c2cccs2)C2c3cc4c5c6c3c3c7c8c9c%10c%11c%12c%13c%14c(cc%15c%16c(c(c%11c%14%16)c6c3%10)C5C(C=4)C%15)CC%13=CC(CC8=CC721)C%129. The van der Waals surface area contributed by atoms with Crippen molar-refractivity contribution < 1.29 is 9.53 Å². The van der Waals surface area contributed by atoms with Gasteiger partial charge in [0.05, 0.1) is 7.11 Å². The van der Waals surface area contributed by atoms with E-state index in [4.69, 9.17) is 4.74 Å². The summed E-state index contributed by atoms with van der Waals surface area (Å²) < 4.78 is 5.22. The predicted octanol–water partition coefficient (Wildman–Crippen LogP) is 10.1. The maximum atomic E-state index is 12.7. The number of hydrogen-bond donors (Lipinski definition) is 0. The fourth-order valence-electron chi connectivity index (χ4n) is 16.7. The number of benzene rings is 5. The fraction of sp³-hybridized carbons (Fsp3) is 0.286. The van der Waals surface area contributed by atoms with Crippen LogP contribution in [-0.2, 0) is 33.2 Å². The Balaban J connectivity index is 1.14. The van der Waals surface area contributed by atoms with Crippen molar-refractivity contribution in [3.05, 3.63) is 108 Å². The van der Waals surface area contributed by atoms with Crippen LogP contribution >= 0.6 is 11.3 Å². The molecule has 1 fully saturated rings. The van der Waals surface area contributed by atoms with Crippen molar-refractivity contribution in [2.45, 2.75) is 67.1 Å². The van der Waals surface area contributed by atoms with Gasteiger partial charge in [0.25, 0.3) is 0 Å². The van der Waals surface area contributed by atoms with E-state index in [1.54, 1.807) is 144 Å². The number of allylic oxidation sites excluding steroid dienone is 4. The second-order valence-corrected chi connectivity index (χ2v) is 19.6. The molecule has 52 heavy (non-hydrogen) atoms. The molecule has 3 heteroatoms. The monoisotopic (exact) mass is 680 g/mol. The van der Waals surface area contributed by atoms with E-state index in [2.05, 4.69) is 47.9 Å². The predicted molar refractivity (Wildman–Crippen MR) is 208 cm³/mol. The Hall–Kier alpha value is -4.73. The second kappa shape index (κ2) is 6.67. The normalized spacial score (nSPS) is 32.0. The Bertz CT molecular complexity index is 3500. The molecule has 0 aliphatic heterocycles. The van der Waals surface area contributed by atoms with Crippen molar-refractivity contribution in [3.63, 3.8) is 0 Å². The quantitative estimate of drug-likeness (QED) is 0.134. The number of esters is 1. The van der Waals surface area contributed by atoms with E-state index in [-0.39, 0.29) is 16.8 Å². The molecule has 1 spiro atoms. The van der Waals surface area contributed by atoms with E-state index >= 15 is 0 Å². The first-order chi connectivity index (χ1) is 25.7. The van der Waals surface area contributed by atoms with Crippen LogP contribution < -0.4 is 5.22 Å². The van der Waals surface area contributed by atoms with E-state index in [0.717, 1.165) is 25.7 Å². The molecule has 8 aromatic rings. The molecule has 10 aliphatic rings. The molecule has 7 unspecified atom stereocenters. The van der Waals surface area contributed by atoms with Gasteiger partial charge >= 0.3 is 5.97 Å². The largest absolute Gasteiger partial charge is 0.469 e. The van der Waals surface area contributed by atoms with Gasteiger partial charge in [-0.3, -0.25) is 4.79 Å². The molecule has 0 amide bonds. The summed E-state index contributed by atoms with van der Waals surface area (Å²) >= 11 is 1.96. The molecule has 10 aliphatic carbocycles. The highest BCUT2D eigenvalue weighted by Crippen LogP contribution is 2.86. The van der Waals surface area contributed by atoms with Crippen molar-refractivity contribution >= 4 is 99.2 Å². The van der Waals surface area contributed by atoms with Crippen LogP contribution in [0.25, 0.3) is 81.9 Å². The standard InChI is InChI=1S/C49H28O2S/c1-51-25(50)5-2-6-48(24-4-3-7-52-24)47-23-14-21-12-18-10-19-9-16-8-17-11-20-13-22-15-49(47,48)46-32(22)37-31(20)36-27(17)26(16)34-30(19)35-28(18)29(21)38-33(23)45(46)44-42(37)40(36)39(34)41(35)43(38)44/h3-4,7,9,11-12,14-15,18,20,28,31,47H,2,5-6,8,10,13H2,1H3. The van der Waals surface area contributed by atoms with Gasteiger partial charge in [-0.15, -0.1) is 11.3 Å². The Morgan fingerprint density at radius 1 is 0.788 bits per heavy atom. The number of ether oxygens (including phenoxy) is 1. The number of hydrogen-bond acceptors (Lipinski definition) is 3. The van der Waals surface area contributed by atoms with Crippen molar-refractivity contribution in [3.8, 4) is 0 Å². The number of thiophene rings is 1. The maximum absolute atomic E-state index is 12.7. The highest BCUT2D eigenvalue weighted by atomic mass is 32.1. The van der Waals surface area contributed by atoms with Gasteiger partial charge < -0.3 is 4.74 Å². The maximum Gasteiger partial charge on any atom is 0.305 e. The molecule has 0 bridgehead atoms. The summed E-state index contributed by atoms with van der Waals surface area (Å²) in [6.07, 6.45) is 14.2. The number of carbonyl (C=O) groups excluding carboxylic acids is 1. The molecule has 1 aromatic heterocycles. The van der Waals surface area contributed by atoms with Gasteiger partial charge in [-0.1, -0.05) is 36.4 Å². The van der Waals surface area contributed by atoms with Crippen molar-refractivity contribution in [1.82, 2.24) is 0 Å². The smallest absolute Gasteiger partial charge is 0.305 e. The van der Waals surface area contributed by atoms with E-state index in [9.17, 15) is 4.79 Å². The van der Waals surface area contributed by atoms with Crippen LogP contribution in [0.5, 0.6) is 0 Å². The summed E-state index contributed by atoms with van der Waals surface area (Å²) in [5, 5.41) is 23.8. The zero-order valence-corrected chi connectivity index (χ0v) is 29.3. The van der Waals surface area contributed by atoms with Crippen LogP contribution in [0.1, 0.15) is 104 Å². The first kappa shape index (κ1) is 24.5. The van der Waals surface area contributed by atoms with Gasteiger partial charge in [0.2, 0.25) is 0 Å². The Labute approximate surface area is 301 Å². The third kappa shape index (κ3) is 1.85. The van der Waals surface area contributed by atoms with E-state index in [1.165, 1.54) is 11.3 Å². The fourth-order valence-corrected chi connectivity index (χ4v) is 17.8. The zero-order chi connectivity index (χ0) is 32.8. The summed E-state index contributed by atoms with van der Waals surface area (Å²) in [7, 11) is 1.54. The van der Waals surface area contributed by atoms with Gasteiger partial charge in [0.1, 0.15) is 0 Å². The minimum Gasteiger partial charge on any atom is -0.469 e. The van der Waals surface area contributed by atoms with Crippen LogP contribution in [0.4, 0.5) is 0 Å². The van der Waals surface area contributed by atoms with Crippen molar-refractivity contribution in [1.29, 1.82) is 0 Å². The van der Waals surface area contributed by atoms with Crippen LogP contribution in [0, 0.1) is 11.8 Å². The Kier molecular flexibility index (Phi) is 3.14. The third-order valence-corrected chi connectivity index (χ3v) is 18.5. The van der Waals surface area contributed by atoms with Gasteiger partial charge in [-0.25, -0.2) is 0 Å². The average molecular weight is 681 g/mol. The molecular weight excluding hydrogens is 653 g/mol. The number of fused-ring (bicyclic) bond motifs is 1. The summed E-state index contributed by atoms with van der Waals surface area (Å²) in [6, 6.07) is 10.2. The highest BCUT2D eigenvalue weighted by Gasteiger charge is 2.80. The summed E-state index contributed by atoms with van der Waals surface area (Å²) in [5.41, 5.74) is 20.0. The van der Waals surface area contributed by atoms with E-state index in [1.807, 2.05) is 11.3 Å². The van der Waals surface area contributed by atoms with Crippen molar-refractivity contribution in [2.24, 2.45) is 11.8 Å². The molecular formula is C49H28O2S. The van der Waals surface area contributed by atoms with Gasteiger partial charge in [-0.05, 0) is 192 Å². The molecule has 0 radical (unpaired) electrons. The highest BCUT2D eigenvalue weighted by molar-refractivity contribution is 7.10. The molecule has 242 valence electrons. The molecule has 0 saturated heterocycles. The van der Waals surface area contributed by atoms with Gasteiger partial charge in [0.15, 0.2) is 0 Å². The minimum atomic E-state index is -0.0780. The van der Waals surface area contributed by atoms with Gasteiger partial charge in [-0.2, -0.15) is 0 Å². The number of methoxy groups -OCH3 is 1. The molecule has 1 heterocycles. The Morgan fingerprint density at radius 2 is 1.58 bits per heavy atom. The minimum absolute atomic E-state index is 0.0503. The number of carbonyl (C=O) groups is 1. The van der Waals surface area contributed by atoms with Crippen LogP contribution in [0.2, 0.25) is 0 Å². The lowest BCUT2D eigenvalue weighted by Gasteiger charge is -2.36. The second-order valence-electron chi connectivity index (χ2n) is 18.6. The average Bonchev–Trinajstić information content (AvgIpc) is 3.93. The molecule has 2 nitrogen and oxygen atoms in total. The first-order valence-electron chi connectivity index (χ1n) is 19.8. The molecule has 7 atom stereocenters. The molecule has 7 aromatic carbocycles. The van der Waals surface area contributed by atoms with E-state index < -0.39 is 0 Å². The Morgan fingerprint density at radius 3 is 2.44 bits per heavy atom. The van der Waals surface area contributed by atoms with Crippen LogP contribution in [-0.4, -0.2) is 13.1 Å². The summed E-state index contributed by atoms with van der Waals surface area (Å²) in [4.78, 5) is 14.2. The van der Waals surface area contributed by atoms with Gasteiger partial charge in [0, 0.05) is 39.9 Å². The van der Waals surface area contributed by atoms with Crippen LogP contribution in [0.15, 0.2) is 41.8 Å². The first-order valence-corrected chi connectivity index (χ1v) is 20.7. The van der Waals surface area contributed by atoms with Crippen LogP contribution in [0.3, 0.4) is 0 Å². The zero-order valence-electron chi connectivity index (χ0n) is 28.5. The lowest BCUT2D eigenvalue weighted by atomic mass is 9.67. The summed E-state index contributed by atoms with van der Waals surface area (Å²) in [6.45, 7) is 0.